The van der Waals surface area contributed by atoms with Crippen molar-refractivity contribution in [3.8, 4) is 5.82 Å². The van der Waals surface area contributed by atoms with E-state index < -0.39 is 0 Å². The molecule has 0 aliphatic rings. The van der Waals surface area contributed by atoms with Gasteiger partial charge in [-0.2, -0.15) is 4.98 Å². The number of rotatable bonds is 1. The number of halogens is 5. The molecule has 0 saturated carbocycles. The van der Waals surface area contributed by atoms with Gasteiger partial charge in [0.1, 0.15) is 5.15 Å². The molecule has 8 nitrogen and oxygen atoms in total. The number of fused-ring (bicyclic) bond motifs is 2. The molecule has 0 saturated heterocycles. The number of aromatic nitrogens is 6. The quantitative estimate of drug-likeness (QED) is 0.156. The molecule has 39 heavy (non-hydrogen) atoms. The van der Waals surface area contributed by atoms with Crippen LogP contribution < -0.4 is 11.1 Å². The van der Waals surface area contributed by atoms with Crippen LogP contribution in [0.3, 0.4) is 0 Å². The van der Waals surface area contributed by atoms with Gasteiger partial charge in [-0.25, -0.2) is 15.0 Å². The van der Waals surface area contributed by atoms with Crippen molar-refractivity contribution in [3.63, 3.8) is 0 Å². The summed E-state index contributed by atoms with van der Waals surface area (Å²) in [5.41, 5.74) is 1.07. The fourth-order valence-corrected chi connectivity index (χ4v) is 4.22. The largest absolute Gasteiger partial charge is 0.329 e. The van der Waals surface area contributed by atoms with Crippen LogP contribution in [0.2, 0.25) is 25.8 Å². The lowest BCUT2D eigenvalue weighted by atomic mass is 10.2. The summed E-state index contributed by atoms with van der Waals surface area (Å²) in [5, 5.41) is 3.06. The number of nitrogens with one attached hydrogen (secondary N) is 1. The highest BCUT2D eigenvalue weighted by Crippen LogP contribution is 2.25. The van der Waals surface area contributed by atoms with E-state index in [9.17, 15) is 9.59 Å². The highest BCUT2D eigenvalue weighted by atomic mass is 35.5. The SMILES string of the molecule is Clc1ccc2nc(Cl)nc(Cl)c2c1.O=c1cccc[nH]1.O=c1ccccn1-c1nc(Cl)nc2ccc(Cl)cc12. The molecular weight excluding hydrogens is 606 g/mol. The summed E-state index contributed by atoms with van der Waals surface area (Å²) in [4.78, 5) is 40.6. The summed E-state index contributed by atoms with van der Waals surface area (Å²) < 4.78 is 1.41. The van der Waals surface area contributed by atoms with Gasteiger partial charge in [0.2, 0.25) is 16.1 Å². The van der Waals surface area contributed by atoms with E-state index in [2.05, 4.69) is 24.9 Å². The van der Waals surface area contributed by atoms with Crippen LogP contribution in [0.25, 0.3) is 27.6 Å². The first kappa shape index (κ1) is 28.5. The van der Waals surface area contributed by atoms with E-state index in [0.29, 0.717) is 42.8 Å². The van der Waals surface area contributed by atoms with E-state index in [1.165, 1.54) is 16.7 Å². The van der Waals surface area contributed by atoms with Crippen LogP contribution in [-0.2, 0) is 0 Å². The van der Waals surface area contributed by atoms with Crippen molar-refractivity contribution in [1.29, 1.82) is 0 Å². The van der Waals surface area contributed by atoms with Gasteiger partial charge < -0.3 is 4.98 Å². The normalized spacial score (nSPS) is 10.4. The molecule has 0 radical (unpaired) electrons. The van der Waals surface area contributed by atoms with Gasteiger partial charge in [-0.15, -0.1) is 0 Å². The van der Waals surface area contributed by atoms with Crippen molar-refractivity contribution in [1.82, 2.24) is 29.5 Å². The second-order valence-electron chi connectivity index (χ2n) is 7.56. The van der Waals surface area contributed by atoms with Crippen LogP contribution in [0.1, 0.15) is 0 Å². The van der Waals surface area contributed by atoms with Crippen molar-refractivity contribution in [3.05, 3.63) is 132 Å². The highest BCUT2D eigenvalue weighted by Gasteiger charge is 2.10. The molecule has 0 bridgehead atoms. The lowest BCUT2D eigenvalue weighted by Gasteiger charge is -2.08. The summed E-state index contributed by atoms with van der Waals surface area (Å²) in [5.74, 6) is 0.420. The van der Waals surface area contributed by atoms with E-state index in [1.54, 1.807) is 73.1 Å². The molecule has 6 aromatic rings. The Kier molecular flexibility index (Phi) is 9.50. The summed E-state index contributed by atoms with van der Waals surface area (Å²) >= 11 is 29.1. The summed E-state index contributed by atoms with van der Waals surface area (Å²) in [6.45, 7) is 0. The first-order valence-corrected chi connectivity index (χ1v) is 12.8. The van der Waals surface area contributed by atoms with Crippen molar-refractivity contribution in [2.24, 2.45) is 0 Å². The third-order valence-electron chi connectivity index (χ3n) is 4.93. The fourth-order valence-electron chi connectivity index (χ4n) is 3.26. The van der Waals surface area contributed by atoms with E-state index >= 15 is 0 Å². The molecule has 0 unspecified atom stereocenters. The van der Waals surface area contributed by atoms with Crippen LogP contribution in [-0.4, -0.2) is 29.5 Å². The molecule has 0 spiro atoms. The topological polar surface area (TPSA) is 106 Å². The minimum Gasteiger partial charge on any atom is -0.329 e. The number of H-pyrrole nitrogens is 1. The van der Waals surface area contributed by atoms with Gasteiger partial charge in [0, 0.05) is 45.3 Å². The molecule has 2 aromatic carbocycles. The van der Waals surface area contributed by atoms with Crippen molar-refractivity contribution in [2.45, 2.75) is 0 Å². The minimum absolute atomic E-state index is 0.0532. The van der Waals surface area contributed by atoms with Gasteiger partial charge >= 0.3 is 0 Å². The number of benzene rings is 2. The molecule has 4 aromatic heterocycles. The second-order valence-corrected chi connectivity index (χ2v) is 9.47. The predicted molar refractivity (Wildman–Crippen MR) is 157 cm³/mol. The maximum atomic E-state index is 11.9. The molecule has 4 heterocycles. The number of hydrogen-bond acceptors (Lipinski definition) is 6. The zero-order chi connectivity index (χ0) is 27.9. The average Bonchev–Trinajstić information content (AvgIpc) is 2.90. The van der Waals surface area contributed by atoms with Crippen LogP contribution in [0.15, 0.2) is 94.8 Å². The van der Waals surface area contributed by atoms with Crippen LogP contribution in [0.5, 0.6) is 0 Å². The van der Waals surface area contributed by atoms with Crippen molar-refractivity contribution >= 4 is 79.8 Å². The Labute approximate surface area is 245 Å². The van der Waals surface area contributed by atoms with Crippen LogP contribution >= 0.6 is 58.0 Å². The number of pyridine rings is 2. The Morgan fingerprint density at radius 2 is 1.26 bits per heavy atom. The highest BCUT2D eigenvalue weighted by molar-refractivity contribution is 6.37. The lowest BCUT2D eigenvalue weighted by Crippen LogP contribution is -2.17. The number of hydrogen-bond donors (Lipinski definition) is 1. The molecule has 0 fully saturated rings. The second kappa shape index (κ2) is 13.0. The van der Waals surface area contributed by atoms with E-state index in [-0.39, 0.29) is 21.7 Å². The third kappa shape index (κ3) is 7.53. The Bertz CT molecular complexity index is 1880. The summed E-state index contributed by atoms with van der Waals surface area (Å²) in [6, 6.07) is 20.1. The monoisotopic (exact) mass is 618 g/mol. The van der Waals surface area contributed by atoms with Gasteiger partial charge in [0.15, 0.2) is 5.82 Å². The van der Waals surface area contributed by atoms with Gasteiger partial charge in [0.25, 0.3) is 5.56 Å². The Morgan fingerprint density at radius 3 is 1.85 bits per heavy atom. The van der Waals surface area contributed by atoms with Crippen molar-refractivity contribution < 1.29 is 0 Å². The first-order valence-electron chi connectivity index (χ1n) is 10.9. The molecule has 6 rings (SSSR count). The summed E-state index contributed by atoms with van der Waals surface area (Å²) in [7, 11) is 0. The molecule has 0 aliphatic carbocycles. The zero-order valence-electron chi connectivity index (χ0n) is 19.5. The smallest absolute Gasteiger partial charge is 0.256 e. The molecule has 13 heteroatoms. The zero-order valence-corrected chi connectivity index (χ0v) is 23.3. The molecule has 1 N–H and O–H groups in total. The maximum Gasteiger partial charge on any atom is 0.256 e. The number of nitrogens with zero attached hydrogens (tertiary/aromatic N) is 5. The Hall–Kier alpha value is -3.53. The Balaban J connectivity index is 0.000000152. The molecular formula is C26H15Cl5N6O2. The van der Waals surface area contributed by atoms with Gasteiger partial charge in [0.05, 0.1) is 11.0 Å². The van der Waals surface area contributed by atoms with Gasteiger partial charge in [-0.1, -0.05) is 46.9 Å². The molecule has 0 amide bonds. The van der Waals surface area contributed by atoms with Gasteiger partial charge in [-0.05, 0) is 71.7 Å². The van der Waals surface area contributed by atoms with Crippen LogP contribution in [0, 0.1) is 0 Å². The van der Waals surface area contributed by atoms with Gasteiger partial charge in [-0.3, -0.25) is 14.2 Å². The van der Waals surface area contributed by atoms with E-state index in [1.807, 2.05) is 0 Å². The molecule has 0 atom stereocenters. The summed E-state index contributed by atoms with van der Waals surface area (Å²) in [6.07, 6.45) is 3.23. The number of aromatic amines is 1. The van der Waals surface area contributed by atoms with Crippen molar-refractivity contribution in [2.75, 3.05) is 0 Å². The molecule has 0 aliphatic heterocycles. The van der Waals surface area contributed by atoms with E-state index in [0.717, 1.165) is 0 Å². The molecule has 196 valence electrons. The predicted octanol–water partition coefficient (Wildman–Crippen LogP) is 7.05. The third-order valence-corrected chi connectivity index (χ3v) is 6.02. The van der Waals surface area contributed by atoms with Crippen LogP contribution in [0.4, 0.5) is 0 Å². The average molecular weight is 621 g/mol. The first-order chi connectivity index (χ1) is 18.7. The fraction of sp³-hybridized carbons (Fsp3) is 0. The standard InChI is InChI=1S/C13H7Cl2N3O.C8H3Cl3N2.C5H5NO/c14-8-4-5-10-9(7-8)12(17-13(15)16-10)18-6-2-1-3-11(18)19;9-4-1-2-6-5(3-4)7(10)13-8(11)12-6;7-5-3-1-2-4-6-5/h1-7H;1-3H;1-4H,(H,6,7). The lowest BCUT2D eigenvalue weighted by molar-refractivity contribution is 0.943. The minimum atomic E-state index is -0.196. The Morgan fingerprint density at radius 1 is 0.641 bits per heavy atom. The maximum absolute atomic E-state index is 11.9. The van der Waals surface area contributed by atoms with E-state index in [4.69, 9.17) is 58.0 Å².